The van der Waals surface area contributed by atoms with Crippen molar-refractivity contribution < 1.29 is 4.74 Å². The zero-order valence-corrected chi connectivity index (χ0v) is 11.3. The molecular formula is C14H28N2O. The van der Waals surface area contributed by atoms with E-state index < -0.39 is 0 Å². The molecule has 0 spiro atoms. The number of likely N-dealkylation sites (tertiary alicyclic amines) is 1. The van der Waals surface area contributed by atoms with E-state index in [0.717, 1.165) is 25.2 Å². The molecule has 2 saturated heterocycles. The largest absolute Gasteiger partial charge is 0.381 e. The molecule has 1 N–H and O–H groups in total. The van der Waals surface area contributed by atoms with Crippen molar-refractivity contribution in [3.63, 3.8) is 0 Å². The van der Waals surface area contributed by atoms with E-state index in [1.54, 1.807) is 0 Å². The summed E-state index contributed by atoms with van der Waals surface area (Å²) in [7, 11) is 0. The molecule has 0 bridgehead atoms. The molecule has 2 fully saturated rings. The molecule has 2 aliphatic heterocycles. The van der Waals surface area contributed by atoms with Gasteiger partial charge in [0.15, 0.2) is 0 Å². The molecule has 3 nitrogen and oxygen atoms in total. The van der Waals surface area contributed by atoms with Gasteiger partial charge in [0.05, 0.1) is 0 Å². The Kier molecular flexibility index (Phi) is 5.75. The average Bonchev–Trinajstić information content (AvgIpc) is 2.41. The van der Waals surface area contributed by atoms with Crippen LogP contribution in [0, 0.1) is 5.92 Å². The first-order valence-corrected chi connectivity index (χ1v) is 7.42. The van der Waals surface area contributed by atoms with Gasteiger partial charge in [-0.25, -0.2) is 0 Å². The van der Waals surface area contributed by atoms with Crippen LogP contribution >= 0.6 is 0 Å². The van der Waals surface area contributed by atoms with E-state index in [2.05, 4.69) is 17.1 Å². The first-order valence-electron chi connectivity index (χ1n) is 7.42. The van der Waals surface area contributed by atoms with E-state index in [1.807, 2.05) is 0 Å². The van der Waals surface area contributed by atoms with Gasteiger partial charge in [0.25, 0.3) is 0 Å². The number of hydrogen-bond acceptors (Lipinski definition) is 3. The summed E-state index contributed by atoms with van der Waals surface area (Å²) < 4.78 is 5.46. The van der Waals surface area contributed by atoms with E-state index in [1.165, 1.54) is 58.3 Å². The highest BCUT2D eigenvalue weighted by Crippen LogP contribution is 2.22. The van der Waals surface area contributed by atoms with Crippen LogP contribution in [0.15, 0.2) is 0 Å². The number of ether oxygens (including phenoxy) is 1. The molecule has 0 radical (unpaired) electrons. The average molecular weight is 240 g/mol. The monoisotopic (exact) mass is 240 g/mol. The third-order valence-corrected chi connectivity index (χ3v) is 4.12. The molecule has 0 aromatic heterocycles. The van der Waals surface area contributed by atoms with Crippen LogP contribution in [0.2, 0.25) is 0 Å². The van der Waals surface area contributed by atoms with Gasteiger partial charge in [-0.15, -0.1) is 0 Å². The molecule has 2 heterocycles. The van der Waals surface area contributed by atoms with Gasteiger partial charge < -0.3 is 10.1 Å². The maximum Gasteiger partial charge on any atom is 0.0480 e. The van der Waals surface area contributed by atoms with Crippen LogP contribution in [0.4, 0.5) is 0 Å². The predicted molar refractivity (Wildman–Crippen MR) is 71.3 cm³/mol. The molecule has 0 aromatic carbocycles. The maximum atomic E-state index is 5.46. The van der Waals surface area contributed by atoms with Crippen LogP contribution in [0.25, 0.3) is 0 Å². The fourth-order valence-corrected chi connectivity index (χ4v) is 3.13. The third-order valence-electron chi connectivity index (χ3n) is 4.12. The summed E-state index contributed by atoms with van der Waals surface area (Å²) in [6.07, 6.45) is 6.53. The summed E-state index contributed by atoms with van der Waals surface area (Å²) in [6.45, 7) is 9.19. The van der Waals surface area contributed by atoms with Crippen molar-refractivity contribution in [3.8, 4) is 0 Å². The van der Waals surface area contributed by atoms with E-state index >= 15 is 0 Å². The van der Waals surface area contributed by atoms with Crippen molar-refractivity contribution >= 4 is 0 Å². The van der Waals surface area contributed by atoms with Crippen molar-refractivity contribution in [2.24, 2.45) is 5.92 Å². The minimum Gasteiger partial charge on any atom is -0.381 e. The van der Waals surface area contributed by atoms with E-state index in [4.69, 9.17) is 4.74 Å². The van der Waals surface area contributed by atoms with Crippen molar-refractivity contribution in [3.05, 3.63) is 0 Å². The Balaban J connectivity index is 1.71. The van der Waals surface area contributed by atoms with Crippen LogP contribution in [0.5, 0.6) is 0 Å². The van der Waals surface area contributed by atoms with Gasteiger partial charge in [-0.3, -0.25) is 4.90 Å². The number of nitrogens with one attached hydrogen (secondary N) is 1. The lowest BCUT2D eigenvalue weighted by atomic mass is 9.95. The summed E-state index contributed by atoms with van der Waals surface area (Å²) >= 11 is 0. The minimum absolute atomic E-state index is 0.803. The van der Waals surface area contributed by atoms with E-state index in [9.17, 15) is 0 Å². The lowest BCUT2D eigenvalue weighted by Gasteiger charge is -2.40. The first kappa shape index (κ1) is 13.3. The zero-order chi connectivity index (χ0) is 11.9. The number of rotatable bonds is 5. The molecule has 1 atom stereocenters. The summed E-state index contributed by atoms with van der Waals surface area (Å²) in [4.78, 5) is 2.73. The lowest BCUT2D eigenvalue weighted by molar-refractivity contribution is 0.0179. The van der Waals surface area contributed by atoms with Gasteiger partial charge in [-0.05, 0) is 57.7 Å². The highest BCUT2D eigenvalue weighted by Gasteiger charge is 2.26. The third kappa shape index (κ3) is 4.23. The van der Waals surface area contributed by atoms with Crippen molar-refractivity contribution in [2.45, 2.75) is 45.1 Å². The molecule has 0 aromatic rings. The van der Waals surface area contributed by atoms with Crippen LogP contribution in [-0.4, -0.2) is 50.3 Å². The van der Waals surface area contributed by atoms with Crippen LogP contribution in [-0.2, 0) is 4.74 Å². The Morgan fingerprint density at radius 3 is 2.82 bits per heavy atom. The van der Waals surface area contributed by atoms with E-state index in [-0.39, 0.29) is 0 Å². The topological polar surface area (TPSA) is 24.5 Å². The van der Waals surface area contributed by atoms with Crippen molar-refractivity contribution in [1.82, 2.24) is 10.2 Å². The number of hydrogen-bond donors (Lipinski definition) is 1. The van der Waals surface area contributed by atoms with Crippen LogP contribution in [0.3, 0.4) is 0 Å². The second-order valence-electron chi connectivity index (χ2n) is 5.55. The summed E-state index contributed by atoms with van der Waals surface area (Å²) in [6, 6.07) is 0.803. The Bertz CT molecular complexity index is 204. The molecule has 2 aliphatic rings. The normalized spacial score (nSPS) is 28.4. The molecule has 0 amide bonds. The van der Waals surface area contributed by atoms with E-state index in [0.29, 0.717) is 0 Å². The quantitative estimate of drug-likeness (QED) is 0.743. The van der Waals surface area contributed by atoms with Gasteiger partial charge in [-0.1, -0.05) is 6.92 Å². The van der Waals surface area contributed by atoms with Crippen LogP contribution < -0.4 is 5.32 Å². The fourth-order valence-electron chi connectivity index (χ4n) is 3.13. The fraction of sp³-hybridized carbons (Fsp3) is 1.00. The van der Waals surface area contributed by atoms with Gasteiger partial charge in [0.2, 0.25) is 0 Å². The van der Waals surface area contributed by atoms with Crippen molar-refractivity contribution in [1.29, 1.82) is 0 Å². The summed E-state index contributed by atoms with van der Waals surface area (Å²) in [5, 5.41) is 3.58. The van der Waals surface area contributed by atoms with Gasteiger partial charge in [-0.2, -0.15) is 0 Å². The number of nitrogens with zero attached hydrogens (tertiary/aromatic N) is 1. The van der Waals surface area contributed by atoms with Gasteiger partial charge in [0.1, 0.15) is 0 Å². The molecule has 0 aliphatic carbocycles. The highest BCUT2D eigenvalue weighted by atomic mass is 16.5. The number of piperidine rings is 1. The predicted octanol–water partition coefficient (Wildman–Crippen LogP) is 1.88. The van der Waals surface area contributed by atoms with Crippen LogP contribution in [0.1, 0.15) is 39.0 Å². The smallest absolute Gasteiger partial charge is 0.0480 e. The van der Waals surface area contributed by atoms with Gasteiger partial charge in [0, 0.05) is 25.8 Å². The molecule has 100 valence electrons. The Hall–Kier alpha value is -0.120. The summed E-state index contributed by atoms with van der Waals surface area (Å²) in [5.41, 5.74) is 0. The zero-order valence-electron chi connectivity index (χ0n) is 11.3. The lowest BCUT2D eigenvalue weighted by Crippen LogP contribution is -2.47. The molecule has 3 heteroatoms. The molecule has 0 saturated carbocycles. The van der Waals surface area contributed by atoms with Crippen molar-refractivity contribution in [2.75, 3.05) is 39.4 Å². The molecule has 17 heavy (non-hydrogen) atoms. The highest BCUT2D eigenvalue weighted by molar-refractivity contribution is 4.81. The minimum atomic E-state index is 0.803. The second-order valence-corrected chi connectivity index (χ2v) is 5.55. The Morgan fingerprint density at radius 2 is 2.06 bits per heavy atom. The Labute approximate surface area is 106 Å². The summed E-state index contributed by atoms with van der Waals surface area (Å²) in [5.74, 6) is 0.873. The SMILES string of the molecule is CCCNCC1CCCN(C2CCOCC2)C1. The Morgan fingerprint density at radius 1 is 1.24 bits per heavy atom. The van der Waals surface area contributed by atoms with Gasteiger partial charge >= 0.3 is 0 Å². The standard InChI is InChI=1S/C14H28N2O/c1-2-7-15-11-13-4-3-8-16(12-13)14-5-9-17-10-6-14/h13-15H,2-12H2,1H3. The molecule has 2 rings (SSSR count). The molecule has 1 unspecified atom stereocenters. The second kappa shape index (κ2) is 7.34. The molecular weight excluding hydrogens is 212 g/mol. The first-order chi connectivity index (χ1) is 8.40. The maximum absolute atomic E-state index is 5.46.